The van der Waals surface area contributed by atoms with Crippen LogP contribution < -0.4 is 10.1 Å². The normalized spacial score (nSPS) is 12.4. The van der Waals surface area contributed by atoms with Crippen LogP contribution in [0, 0.1) is 6.92 Å². The van der Waals surface area contributed by atoms with E-state index in [4.69, 9.17) is 4.74 Å². The minimum atomic E-state index is 0.294. The van der Waals surface area contributed by atoms with Crippen molar-refractivity contribution < 1.29 is 4.74 Å². The molecule has 1 atom stereocenters. The molecular formula is C17H25N3O. The molecular weight excluding hydrogens is 262 g/mol. The van der Waals surface area contributed by atoms with E-state index in [0.717, 1.165) is 18.7 Å². The smallest absolute Gasteiger partial charge is 0.124 e. The van der Waals surface area contributed by atoms with Gasteiger partial charge in [-0.2, -0.15) is 5.10 Å². The number of rotatable bonds is 7. The fourth-order valence-electron chi connectivity index (χ4n) is 2.45. The molecule has 21 heavy (non-hydrogen) atoms. The zero-order chi connectivity index (χ0) is 15.2. The van der Waals surface area contributed by atoms with Gasteiger partial charge in [-0.3, -0.25) is 4.68 Å². The van der Waals surface area contributed by atoms with Gasteiger partial charge in [0, 0.05) is 37.0 Å². The van der Waals surface area contributed by atoms with Gasteiger partial charge in [0.15, 0.2) is 0 Å². The predicted octanol–water partition coefficient (Wildman–Crippen LogP) is 3.02. The van der Waals surface area contributed by atoms with Gasteiger partial charge >= 0.3 is 0 Å². The van der Waals surface area contributed by atoms with Crippen LogP contribution in [0.3, 0.4) is 0 Å². The van der Waals surface area contributed by atoms with Crippen LogP contribution in [0.2, 0.25) is 0 Å². The third kappa shape index (κ3) is 4.08. The van der Waals surface area contributed by atoms with Crippen LogP contribution in [0.1, 0.15) is 36.7 Å². The summed E-state index contributed by atoms with van der Waals surface area (Å²) in [5.74, 6) is 0.977. The van der Waals surface area contributed by atoms with Crippen molar-refractivity contribution in [1.29, 1.82) is 0 Å². The first-order valence-electron chi connectivity index (χ1n) is 7.55. The molecule has 0 aliphatic heterocycles. The molecule has 0 radical (unpaired) electrons. The van der Waals surface area contributed by atoms with Crippen LogP contribution in [0.25, 0.3) is 0 Å². The van der Waals surface area contributed by atoms with E-state index in [1.54, 1.807) is 0 Å². The summed E-state index contributed by atoms with van der Waals surface area (Å²) < 4.78 is 7.92. The lowest BCUT2D eigenvalue weighted by Gasteiger charge is -2.18. The van der Waals surface area contributed by atoms with E-state index in [-0.39, 0.29) is 0 Å². The number of benzene rings is 1. The molecule has 1 N–H and O–H groups in total. The molecule has 114 valence electrons. The highest BCUT2D eigenvalue weighted by Gasteiger charge is 2.11. The summed E-state index contributed by atoms with van der Waals surface area (Å²) in [7, 11) is 1.96. The molecule has 1 unspecified atom stereocenters. The standard InChI is InChI=1S/C17H25N3O/c1-5-18-14(3)16-7-6-13(2)12-17(16)21-11-9-15-8-10-19-20(15)4/h6-8,10,12,14,18H,5,9,11H2,1-4H3. The van der Waals surface area contributed by atoms with Gasteiger partial charge in [-0.15, -0.1) is 0 Å². The van der Waals surface area contributed by atoms with Crippen molar-refractivity contribution in [2.24, 2.45) is 7.05 Å². The number of ether oxygens (including phenoxy) is 1. The zero-order valence-corrected chi connectivity index (χ0v) is 13.4. The van der Waals surface area contributed by atoms with Gasteiger partial charge in [-0.1, -0.05) is 19.1 Å². The molecule has 0 saturated carbocycles. The highest BCUT2D eigenvalue weighted by molar-refractivity contribution is 5.39. The molecule has 1 aromatic heterocycles. The van der Waals surface area contributed by atoms with E-state index in [2.05, 4.69) is 49.4 Å². The van der Waals surface area contributed by atoms with Crippen LogP contribution in [-0.2, 0) is 13.5 Å². The summed E-state index contributed by atoms with van der Waals surface area (Å²) in [5, 5.41) is 7.62. The zero-order valence-electron chi connectivity index (χ0n) is 13.4. The number of nitrogens with one attached hydrogen (secondary N) is 1. The highest BCUT2D eigenvalue weighted by atomic mass is 16.5. The Morgan fingerprint density at radius 2 is 2.14 bits per heavy atom. The van der Waals surface area contributed by atoms with Crippen molar-refractivity contribution in [3.05, 3.63) is 47.3 Å². The summed E-state index contributed by atoms with van der Waals surface area (Å²) in [6.45, 7) is 7.99. The van der Waals surface area contributed by atoms with Gasteiger partial charge in [-0.25, -0.2) is 0 Å². The third-order valence-electron chi connectivity index (χ3n) is 3.68. The maximum absolute atomic E-state index is 6.03. The first kappa shape index (κ1) is 15.6. The van der Waals surface area contributed by atoms with Crippen molar-refractivity contribution in [2.75, 3.05) is 13.2 Å². The summed E-state index contributed by atoms with van der Waals surface area (Å²) in [6.07, 6.45) is 2.68. The lowest BCUT2D eigenvalue weighted by molar-refractivity contribution is 0.312. The average molecular weight is 287 g/mol. The summed E-state index contributed by atoms with van der Waals surface area (Å²) in [5.41, 5.74) is 3.62. The summed E-state index contributed by atoms with van der Waals surface area (Å²) in [6, 6.07) is 8.73. The Morgan fingerprint density at radius 1 is 1.33 bits per heavy atom. The van der Waals surface area contributed by atoms with E-state index in [9.17, 15) is 0 Å². The van der Waals surface area contributed by atoms with E-state index in [1.165, 1.54) is 16.8 Å². The molecule has 0 aliphatic carbocycles. The Labute approximate surface area is 127 Å². The Kier molecular flexibility index (Phi) is 5.39. The first-order chi connectivity index (χ1) is 10.1. The molecule has 0 saturated heterocycles. The van der Waals surface area contributed by atoms with Gasteiger partial charge in [0.25, 0.3) is 0 Å². The van der Waals surface area contributed by atoms with Gasteiger partial charge < -0.3 is 10.1 Å². The summed E-state index contributed by atoms with van der Waals surface area (Å²) >= 11 is 0. The third-order valence-corrected chi connectivity index (χ3v) is 3.68. The summed E-state index contributed by atoms with van der Waals surface area (Å²) in [4.78, 5) is 0. The van der Waals surface area contributed by atoms with Crippen LogP contribution in [-0.4, -0.2) is 22.9 Å². The number of aromatic nitrogens is 2. The fourth-order valence-corrected chi connectivity index (χ4v) is 2.45. The average Bonchev–Trinajstić information content (AvgIpc) is 2.85. The van der Waals surface area contributed by atoms with Crippen LogP contribution in [0.15, 0.2) is 30.5 Å². The molecule has 4 heteroatoms. The minimum Gasteiger partial charge on any atom is -0.493 e. The fraction of sp³-hybridized carbons (Fsp3) is 0.471. The lowest BCUT2D eigenvalue weighted by Crippen LogP contribution is -2.19. The van der Waals surface area contributed by atoms with E-state index < -0.39 is 0 Å². The molecule has 0 aliphatic rings. The largest absolute Gasteiger partial charge is 0.493 e. The number of aryl methyl sites for hydroxylation is 2. The van der Waals surface area contributed by atoms with Gasteiger partial charge in [-0.05, 0) is 38.1 Å². The maximum Gasteiger partial charge on any atom is 0.124 e. The maximum atomic E-state index is 6.03. The second kappa shape index (κ2) is 7.27. The van der Waals surface area contributed by atoms with Gasteiger partial charge in [0.1, 0.15) is 5.75 Å². The monoisotopic (exact) mass is 287 g/mol. The van der Waals surface area contributed by atoms with Crippen molar-refractivity contribution in [3.63, 3.8) is 0 Å². The highest BCUT2D eigenvalue weighted by Crippen LogP contribution is 2.26. The SMILES string of the molecule is CCNC(C)c1ccc(C)cc1OCCc1ccnn1C. The molecule has 0 bridgehead atoms. The van der Waals surface area contributed by atoms with Gasteiger partial charge in [0.2, 0.25) is 0 Å². The second-order valence-electron chi connectivity index (χ2n) is 5.37. The molecule has 0 amide bonds. The molecule has 2 rings (SSSR count). The van der Waals surface area contributed by atoms with E-state index in [0.29, 0.717) is 12.6 Å². The lowest BCUT2D eigenvalue weighted by atomic mass is 10.0. The van der Waals surface area contributed by atoms with Crippen molar-refractivity contribution >= 4 is 0 Å². The number of nitrogens with zero attached hydrogens (tertiary/aromatic N) is 2. The van der Waals surface area contributed by atoms with Crippen molar-refractivity contribution in [1.82, 2.24) is 15.1 Å². The van der Waals surface area contributed by atoms with E-state index >= 15 is 0 Å². The molecule has 4 nitrogen and oxygen atoms in total. The second-order valence-corrected chi connectivity index (χ2v) is 5.37. The quantitative estimate of drug-likeness (QED) is 0.851. The molecule has 0 fully saturated rings. The Hall–Kier alpha value is -1.81. The topological polar surface area (TPSA) is 39.1 Å². The van der Waals surface area contributed by atoms with Crippen LogP contribution in [0.5, 0.6) is 5.75 Å². The van der Waals surface area contributed by atoms with Crippen LogP contribution >= 0.6 is 0 Å². The Bertz CT molecular complexity index is 577. The number of hydrogen-bond donors (Lipinski definition) is 1. The van der Waals surface area contributed by atoms with Crippen molar-refractivity contribution in [2.45, 2.75) is 33.2 Å². The Balaban J connectivity index is 2.04. The molecule has 0 spiro atoms. The molecule has 1 heterocycles. The van der Waals surface area contributed by atoms with Crippen LogP contribution in [0.4, 0.5) is 0 Å². The molecule has 2 aromatic rings. The van der Waals surface area contributed by atoms with Crippen molar-refractivity contribution in [3.8, 4) is 5.75 Å². The minimum absolute atomic E-state index is 0.294. The van der Waals surface area contributed by atoms with E-state index in [1.807, 2.05) is 24.0 Å². The Morgan fingerprint density at radius 3 is 2.81 bits per heavy atom. The molecule has 1 aromatic carbocycles. The van der Waals surface area contributed by atoms with Gasteiger partial charge in [0.05, 0.1) is 6.61 Å². The number of hydrogen-bond acceptors (Lipinski definition) is 3. The first-order valence-corrected chi connectivity index (χ1v) is 7.55. The predicted molar refractivity (Wildman–Crippen MR) is 85.7 cm³/mol.